The summed E-state index contributed by atoms with van der Waals surface area (Å²) >= 11 is 0. The van der Waals surface area contributed by atoms with Crippen LogP contribution < -0.4 is 0 Å². The first kappa shape index (κ1) is 14.0. The Labute approximate surface area is 137 Å². The van der Waals surface area contributed by atoms with Crippen molar-refractivity contribution in [3.05, 3.63) is 71.6 Å². The third-order valence-corrected chi connectivity index (χ3v) is 3.72. The van der Waals surface area contributed by atoms with Crippen molar-refractivity contribution in [3.63, 3.8) is 0 Å². The normalized spacial score (nSPS) is 11.1. The van der Waals surface area contributed by atoms with Crippen LogP contribution in [0.25, 0.3) is 34.4 Å². The Morgan fingerprint density at radius 3 is 2.62 bits per heavy atom. The van der Waals surface area contributed by atoms with Crippen LogP contribution in [-0.2, 0) is 0 Å². The highest BCUT2D eigenvalue weighted by atomic mass is 16.3. The van der Waals surface area contributed by atoms with Gasteiger partial charge in [-0.25, -0.2) is 0 Å². The lowest BCUT2D eigenvalue weighted by atomic mass is 10.1. The van der Waals surface area contributed by atoms with Crippen LogP contribution in [-0.4, -0.2) is 15.4 Å². The molecular weight excluding hydrogens is 300 g/mol. The highest BCUT2D eigenvalue weighted by Gasteiger charge is 2.08. The smallest absolute Gasteiger partial charge is 0.190 e. The van der Waals surface area contributed by atoms with Gasteiger partial charge in [0.15, 0.2) is 5.69 Å². The van der Waals surface area contributed by atoms with Gasteiger partial charge in [-0.15, -0.1) is 5.10 Å². The fourth-order valence-corrected chi connectivity index (χ4v) is 2.53. The molecule has 0 spiro atoms. The van der Waals surface area contributed by atoms with Gasteiger partial charge < -0.3 is 4.42 Å². The fraction of sp³-hybridized carbons (Fsp3) is 0. The number of nitrogens with zero attached hydrogens (tertiary/aromatic N) is 3. The van der Waals surface area contributed by atoms with E-state index in [1.54, 1.807) is 0 Å². The Morgan fingerprint density at radius 1 is 1.00 bits per heavy atom. The van der Waals surface area contributed by atoms with Crippen LogP contribution in [0.5, 0.6) is 0 Å². The molecule has 114 valence electrons. The fourth-order valence-electron chi connectivity index (χ4n) is 2.53. The van der Waals surface area contributed by atoms with E-state index in [2.05, 4.69) is 15.4 Å². The maximum absolute atomic E-state index is 9.00. The van der Waals surface area contributed by atoms with Crippen LogP contribution in [0.1, 0.15) is 17.0 Å². The molecule has 0 bridgehead atoms. The van der Waals surface area contributed by atoms with Crippen LogP contribution in [0.15, 0.2) is 59.0 Å². The molecule has 24 heavy (non-hydrogen) atoms. The molecule has 1 N–H and O–H groups in total. The molecule has 0 amide bonds. The Balaban J connectivity index is 1.58. The number of hydrogen-bond acceptors (Lipinski definition) is 4. The molecular formula is C19H12N4O. The van der Waals surface area contributed by atoms with E-state index in [4.69, 9.17) is 9.68 Å². The van der Waals surface area contributed by atoms with Gasteiger partial charge in [-0.3, -0.25) is 0 Å². The Morgan fingerprint density at radius 2 is 1.83 bits per heavy atom. The molecule has 2 heterocycles. The second-order valence-corrected chi connectivity index (χ2v) is 5.27. The van der Waals surface area contributed by atoms with E-state index < -0.39 is 0 Å². The van der Waals surface area contributed by atoms with Crippen molar-refractivity contribution in [2.45, 2.75) is 0 Å². The zero-order chi connectivity index (χ0) is 16.4. The summed E-state index contributed by atoms with van der Waals surface area (Å²) in [4.78, 5) is 0. The van der Waals surface area contributed by atoms with Gasteiger partial charge in [-0.05, 0) is 23.8 Å². The van der Waals surface area contributed by atoms with Gasteiger partial charge in [0.1, 0.15) is 23.1 Å². The number of furan rings is 1. The van der Waals surface area contributed by atoms with E-state index >= 15 is 0 Å². The number of nitrogens with one attached hydrogen (secondary N) is 1. The van der Waals surface area contributed by atoms with Gasteiger partial charge in [-0.2, -0.15) is 15.6 Å². The number of benzene rings is 2. The summed E-state index contributed by atoms with van der Waals surface area (Å²) in [5, 5.41) is 20.4. The molecule has 0 radical (unpaired) electrons. The molecule has 5 heteroatoms. The highest BCUT2D eigenvalue weighted by Crippen LogP contribution is 2.22. The highest BCUT2D eigenvalue weighted by molar-refractivity contribution is 5.81. The molecule has 0 fully saturated rings. The van der Waals surface area contributed by atoms with Crippen molar-refractivity contribution in [1.29, 1.82) is 5.26 Å². The van der Waals surface area contributed by atoms with Crippen LogP contribution in [0.2, 0.25) is 0 Å². The van der Waals surface area contributed by atoms with Gasteiger partial charge in [0.25, 0.3) is 0 Å². The third kappa shape index (κ3) is 2.57. The molecule has 0 saturated heterocycles. The van der Waals surface area contributed by atoms with Crippen molar-refractivity contribution in [1.82, 2.24) is 15.4 Å². The summed E-state index contributed by atoms with van der Waals surface area (Å²) in [5.74, 6) is 0.809. The zero-order valence-corrected chi connectivity index (χ0v) is 12.6. The summed E-state index contributed by atoms with van der Waals surface area (Å²) < 4.78 is 5.76. The number of aromatic amines is 1. The van der Waals surface area contributed by atoms with E-state index in [-0.39, 0.29) is 0 Å². The largest absolute Gasteiger partial charge is 0.457 e. The number of rotatable bonds is 3. The van der Waals surface area contributed by atoms with E-state index in [1.165, 1.54) is 0 Å². The van der Waals surface area contributed by atoms with Gasteiger partial charge in [0, 0.05) is 10.9 Å². The molecule has 0 unspecified atom stereocenters. The van der Waals surface area contributed by atoms with Gasteiger partial charge in [0.05, 0.1) is 0 Å². The molecule has 5 nitrogen and oxygen atoms in total. The summed E-state index contributed by atoms with van der Waals surface area (Å²) in [5.41, 5.74) is 3.61. The molecule has 0 saturated carbocycles. The molecule has 0 atom stereocenters. The number of H-pyrrole nitrogens is 1. The number of hydrogen-bond donors (Lipinski definition) is 1. The summed E-state index contributed by atoms with van der Waals surface area (Å²) in [6.45, 7) is 0. The molecule has 2 aromatic heterocycles. The molecule has 4 aromatic rings. The van der Waals surface area contributed by atoms with Crippen LogP contribution in [0, 0.1) is 11.3 Å². The van der Waals surface area contributed by atoms with Gasteiger partial charge >= 0.3 is 0 Å². The van der Waals surface area contributed by atoms with E-state index in [9.17, 15) is 0 Å². The van der Waals surface area contributed by atoms with Crippen molar-refractivity contribution in [3.8, 4) is 17.3 Å². The standard InChI is InChI=1S/C19H12N4O/c20-12-17-19(22-23-21-17)14-8-5-13(6-9-14)7-10-16-11-15-3-1-2-4-18(15)24-16/h1-11H,(H,21,22,23). The van der Waals surface area contributed by atoms with Crippen molar-refractivity contribution >= 4 is 23.1 Å². The van der Waals surface area contributed by atoms with Crippen LogP contribution >= 0.6 is 0 Å². The average Bonchev–Trinajstić information content (AvgIpc) is 3.26. The monoisotopic (exact) mass is 312 g/mol. The van der Waals surface area contributed by atoms with E-state index in [1.807, 2.05) is 72.8 Å². The lowest BCUT2D eigenvalue weighted by Gasteiger charge is -1.98. The zero-order valence-electron chi connectivity index (χ0n) is 12.6. The van der Waals surface area contributed by atoms with Crippen LogP contribution in [0.3, 0.4) is 0 Å². The van der Waals surface area contributed by atoms with Crippen LogP contribution in [0.4, 0.5) is 0 Å². The number of para-hydroxylation sites is 1. The second kappa shape index (κ2) is 5.86. The summed E-state index contributed by atoms with van der Waals surface area (Å²) in [6, 6.07) is 19.7. The quantitative estimate of drug-likeness (QED) is 0.613. The van der Waals surface area contributed by atoms with Gasteiger partial charge in [0.2, 0.25) is 0 Å². The SMILES string of the molecule is N#Cc1n[nH]nc1-c1ccc(C=Cc2cc3ccccc3o2)cc1. The predicted molar refractivity (Wildman–Crippen MR) is 91.7 cm³/mol. The summed E-state index contributed by atoms with van der Waals surface area (Å²) in [7, 11) is 0. The lowest BCUT2D eigenvalue weighted by molar-refractivity contribution is 0.604. The van der Waals surface area contributed by atoms with Crippen molar-refractivity contribution in [2.75, 3.05) is 0 Å². The third-order valence-electron chi connectivity index (χ3n) is 3.72. The minimum absolute atomic E-state index is 0.292. The lowest BCUT2D eigenvalue weighted by Crippen LogP contribution is -1.82. The molecule has 0 aliphatic carbocycles. The molecule has 0 aliphatic heterocycles. The molecule has 2 aromatic carbocycles. The maximum atomic E-state index is 9.00. The molecule has 0 aliphatic rings. The van der Waals surface area contributed by atoms with Crippen molar-refractivity contribution < 1.29 is 4.42 Å². The Bertz CT molecular complexity index is 1030. The first-order valence-corrected chi connectivity index (χ1v) is 7.41. The minimum atomic E-state index is 0.292. The number of aromatic nitrogens is 3. The first-order chi connectivity index (χ1) is 11.8. The molecule has 4 rings (SSSR count). The van der Waals surface area contributed by atoms with E-state index in [0.717, 1.165) is 27.9 Å². The Kier molecular flexibility index (Phi) is 3.41. The van der Waals surface area contributed by atoms with E-state index in [0.29, 0.717) is 11.4 Å². The topological polar surface area (TPSA) is 78.5 Å². The minimum Gasteiger partial charge on any atom is -0.457 e. The second-order valence-electron chi connectivity index (χ2n) is 5.27. The number of nitriles is 1. The summed E-state index contributed by atoms with van der Waals surface area (Å²) in [6.07, 6.45) is 3.92. The maximum Gasteiger partial charge on any atom is 0.190 e. The van der Waals surface area contributed by atoms with Gasteiger partial charge in [-0.1, -0.05) is 48.5 Å². The average molecular weight is 312 g/mol. The predicted octanol–water partition coefficient (Wildman–Crippen LogP) is 4.26. The van der Waals surface area contributed by atoms with Crippen molar-refractivity contribution in [2.24, 2.45) is 0 Å². The Hall–Kier alpha value is -3.65. The number of fused-ring (bicyclic) bond motifs is 1. The first-order valence-electron chi connectivity index (χ1n) is 7.41.